The van der Waals surface area contributed by atoms with Gasteiger partial charge >= 0.3 is 6.18 Å². The number of alkyl halides is 3. The van der Waals surface area contributed by atoms with Crippen LogP contribution >= 0.6 is 0 Å². The predicted octanol–water partition coefficient (Wildman–Crippen LogP) is 3.45. The monoisotopic (exact) mass is 325 g/mol. The molecule has 3 N–H and O–H groups in total. The molecule has 2 aromatic rings. The van der Waals surface area contributed by atoms with E-state index >= 15 is 0 Å². The van der Waals surface area contributed by atoms with Crippen molar-refractivity contribution in [3.8, 4) is 0 Å². The Morgan fingerprint density at radius 1 is 1.17 bits per heavy atom. The number of nitrogen functional groups attached to an aromatic ring is 1. The number of hydrogen-bond donors (Lipinski definition) is 2. The molecule has 0 unspecified atom stereocenters. The Labute approximate surface area is 127 Å². The molecule has 120 valence electrons. The van der Waals surface area contributed by atoms with E-state index in [2.05, 4.69) is 5.32 Å². The molecule has 0 fully saturated rings. The SMILES string of the molecule is Nc1ccc(NC(=O)c2cccc([N+](=O)[O-])c2)cc1C(F)(F)F. The van der Waals surface area contributed by atoms with Gasteiger partial charge in [0, 0.05) is 29.1 Å². The summed E-state index contributed by atoms with van der Waals surface area (Å²) >= 11 is 0. The maximum atomic E-state index is 12.8. The molecule has 0 aliphatic heterocycles. The minimum Gasteiger partial charge on any atom is -0.398 e. The molecule has 0 radical (unpaired) electrons. The summed E-state index contributed by atoms with van der Waals surface area (Å²) in [6.07, 6.45) is -4.66. The van der Waals surface area contributed by atoms with Crippen LogP contribution in [0.3, 0.4) is 0 Å². The van der Waals surface area contributed by atoms with Crippen LogP contribution in [-0.2, 0) is 6.18 Å². The van der Waals surface area contributed by atoms with Crippen molar-refractivity contribution in [1.82, 2.24) is 0 Å². The van der Waals surface area contributed by atoms with Crippen LogP contribution in [0.4, 0.5) is 30.2 Å². The number of halogens is 3. The highest BCUT2D eigenvalue weighted by Gasteiger charge is 2.33. The van der Waals surface area contributed by atoms with Crippen LogP contribution in [0, 0.1) is 10.1 Å². The van der Waals surface area contributed by atoms with Gasteiger partial charge in [-0.25, -0.2) is 0 Å². The molecule has 0 aromatic heterocycles. The Morgan fingerprint density at radius 2 is 1.87 bits per heavy atom. The number of nitrogens with two attached hydrogens (primary N) is 1. The molecule has 2 aromatic carbocycles. The van der Waals surface area contributed by atoms with Crippen molar-refractivity contribution in [1.29, 1.82) is 0 Å². The Balaban J connectivity index is 2.27. The molecule has 0 saturated carbocycles. The minimum absolute atomic E-state index is 0.0513. The lowest BCUT2D eigenvalue weighted by molar-refractivity contribution is -0.384. The van der Waals surface area contributed by atoms with Crippen LogP contribution in [0.15, 0.2) is 42.5 Å². The lowest BCUT2D eigenvalue weighted by atomic mass is 10.1. The third-order valence-electron chi connectivity index (χ3n) is 2.94. The maximum Gasteiger partial charge on any atom is 0.418 e. The van der Waals surface area contributed by atoms with Crippen molar-refractivity contribution in [2.75, 3.05) is 11.1 Å². The van der Waals surface area contributed by atoms with E-state index in [-0.39, 0.29) is 16.9 Å². The van der Waals surface area contributed by atoms with Crippen LogP contribution in [-0.4, -0.2) is 10.8 Å². The van der Waals surface area contributed by atoms with Crippen LogP contribution in [0.2, 0.25) is 0 Å². The highest BCUT2D eigenvalue weighted by molar-refractivity contribution is 6.04. The second-order valence-corrected chi connectivity index (χ2v) is 4.56. The first kappa shape index (κ1) is 16.3. The first-order valence-corrected chi connectivity index (χ1v) is 6.21. The molecule has 23 heavy (non-hydrogen) atoms. The summed E-state index contributed by atoms with van der Waals surface area (Å²) in [6.45, 7) is 0. The minimum atomic E-state index is -4.66. The van der Waals surface area contributed by atoms with Crippen molar-refractivity contribution in [3.05, 3.63) is 63.7 Å². The van der Waals surface area contributed by atoms with Gasteiger partial charge in [0.1, 0.15) is 0 Å². The van der Waals surface area contributed by atoms with E-state index < -0.39 is 28.3 Å². The van der Waals surface area contributed by atoms with E-state index in [0.29, 0.717) is 6.07 Å². The van der Waals surface area contributed by atoms with E-state index in [0.717, 1.165) is 12.1 Å². The fourth-order valence-corrected chi connectivity index (χ4v) is 1.84. The summed E-state index contributed by atoms with van der Waals surface area (Å²) in [5.74, 6) is -0.772. The van der Waals surface area contributed by atoms with Crippen molar-refractivity contribution in [2.24, 2.45) is 0 Å². The summed E-state index contributed by atoms with van der Waals surface area (Å²) in [5, 5.41) is 12.9. The second kappa shape index (κ2) is 5.95. The molecule has 0 spiro atoms. The molecule has 0 atom stereocenters. The van der Waals surface area contributed by atoms with Gasteiger partial charge in [0.2, 0.25) is 0 Å². The van der Waals surface area contributed by atoms with Gasteiger partial charge in [0.25, 0.3) is 11.6 Å². The Bertz CT molecular complexity index is 775. The first-order valence-electron chi connectivity index (χ1n) is 6.21. The second-order valence-electron chi connectivity index (χ2n) is 4.56. The number of amides is 1. The molecule has 0 saturated heterocycles. The van der Waals surface area contributed by atoms with E-state index in [1.807, 2.05) is 0 Å². The van der Waals surface area contributed by atoms with Gasteiger partial charge in [0.15, 0.2) is 0 Å². The van der Waals surface area contributed by atoms with Gasteiger partial charge in [-0.05, 0) is 24.3 Å². The van der Waals surface area contributed by atoms with Gasteiger partial charge in [-0.1, -0.05) is 6.07 Å². The molecular formula is C14H10F3N3O3. The van der Waals surface area contributed by atoms with Crippen LogP contribution in [0.25, 0.3) is 0 Å². The zero-order valence-corrected chi connectivity index (χ0v) is 11.4. The molecule has 6 nitrogen and oxygen atoms in total. The number of nitro benzene ring substituents is 1. The number of nitro groups is 1. The van der Waals surface area contributed by atoms with Crippen molar-refractivity contribution >= 4 is 23.0 Å². The number of anilines is 2. The van der Waals surface area contributed by atoms with Gasteiger partial charge in [-0.3, -0.25) is 14.9 Å². The van der Waals surface area contributed by atoms with E-state index in [9.17, 15) is 28.1 Å². The quantitative estimate of drug-likeness (QED) is 0.513. The molecule has 0 aliphatic carbocycles. The van der Waals surface area contributed by atoms with Crippen LogP contribution < -0.4 is 11.1 Å². The fraction of sp³-hybridized carbons (Fsp3) is 0.0714. The third-order valence-corrected chi connectivity index (χ3v) is 2.94. The Morgan fingerprint density at radius 3 is 2.48 bits per heavy atom. The fourth-order valence-electron chi connectivity index (χ4n) is 1.84. The first-order chi connectivity index (χ1) is 10.7. The number of carbonyl (C=O) groups is 1. The normalized spacial score (nSPS) is 11.1. The summed E-state index contributed by atoms with van der Waals surface area (Å²) in [4.78, 5) is 22.0. The highest BCUT2D eigenvalue weighted by atomic mass is 19.4. The lowest BCUT2D eigenvalue weighted by Crippen LogP contribution is -2.14. The van der Waals surface area contributed by atoms with E-state index in [4.69, 9.17) is 5.73 Å². The van der Waals surface area contributed by atoms with Gasteiger partial charge in [0.05, 0.1) is 10.5 Å². The van der Waals surface area contributed by atoms with Crippen molar-refractivity contribution in [3.63, 3.8) is 0 Å². The van der Waals surface area contributed by atoms with E-state index in [1.165, 1.54) is 24.3 Å². The summed E-state index contributed by atoms with van der Waals surface area (Å²) < 4.78 is 38.3. The van der Waals surface area contributed by atoms with Crippen molar-refractivity contribution < 1.29 is 22.9 Å². The number of non-ortho nitro benzene ring substituents is 1. The molecule has 1 amide bonds. The number of rotatable bonds is 3. The smallest absolute Gasteiger partial charge is 0.398 e. The topological polar surface area (TPSA) is 98.3 Å². The zero-order chi connectivity index (χ0) is 17.2. The highest BCUT2D eigenvalue weighted by Crippen LogP contribution is 2.35. The average Bonchev–Trinajstić information content (AvgIpc) is 2.48. The number of hydrogen-bond acceptors (Lipinski definition) is 4. The average molecular weight is 325 g/mol. The summed E-state index contributed by atoms with van der Waals surface area (Å²) in [6, 6.07) is 7.76. The van der Waals surface area contributed by atoms with Gasteiger partial charge in [-0.2, -0.15) is 13.2 Å². The molecule has 0 aliphatic rings. The zero-order valence-electron chi connectivity index (χ0n) is 11.4. The third kappa shape index (κ3) is 3.76. The van der Waals surface area contributed by atoms with Gasteiger partial charge in [-0.15, -0.1) is 0 Å². The molecule has 2 rings (SSSR count). The maximum absolute atomic E-state index is 12.8. The molecular weight excluding hydrogens is 315 g/mol. The Kier molecular flexibility index (Phi) is 4.21. The number of benzene rings is 2. The Hall–Kier alpha value is -3.10. The number of nitrogens with zero attached hydrogens (tertiary/aromatic N) is 1. The predicted molar refractivity (Wildman–Crippen MR) is 76.9 cm³/mol. The number of nitrogens with one attached hydrogen (secondary N) is 1. The largest absolute Gasteiger partial charge is 0.418 e. The van der Waals surface area contributed by atoms with Crippen molar-refractivity contribution in [2.45, 2.75) is 6.18 Å². The lowest BCUT2D eigenvalue weighted by Gasteiger charge is -2.12. The number of carbonyl (C=O) groups excluding carboxylic acids is 1. The van der Waals surface area contributed by atoms with E-state index in [1.54, 1.807) is 0 Å². The summed E-state index contributed by atoms with van der Waals surface area (Å²) in [7, 11) is 0. The van der Waals surface area contributed by atoms with Crippen LogP contribution in [0.1, 0.15) is 15.9 Å². The van der Waals surface area contributed by atoms with Gasteiger partial charge < -0.3 is 11.1 Å². The standard InChI is InChI=1S/C14H10F3N3O3/c15-14(16,17)11-7-9(4-5-12(11)18)19-13(21)8-2-1-3-10(6-8)20(22)23/h1-7H,18H2,(H,19,21). The molecule has 0 bridgehead atoms. The molecule has 9 heteroatoms. The van der Waals surface area contributed by atoms with Crippen LogP contribution in [0.5, 0.6) is 0 Å². The molecule has 0 heterocycles. The summed E-state index contributed by atoms with van der Waals surface area (Å²) in [5.41, 5.74) is 3.25.